The fourth-order valence-corrected chi connectivity index (χ4v) is 2.36. The lowest BCUT2D eigenvalue weighted by molar-refractivity contribution is 0.102. The predicted octanol–water partition coefficient (Wildman–Crippen LogP) is 4.03. The van der Waals surface area contributed by atoms with Gasteiger partial charge in [-0.3, -0.25) is 4.79 Å². The van der Waals surface area contributed by atoms with Gasteiger partial charge in [0.1, 0.15) is 17.8 Å². The highest BCUT2D eigenvalue weighted by Gasteiger charge is 2.11. The first kappa shape index (κ1) is 15.7. The monoisotopic (exact) mass is 318 g/mol. The molecular weight excluding hydrogens is 300 g/mol. The Balaban J connectivity index is 1.77. The van der Waals surface area contributed by atoms with Gasteiger partial charge < -0.3 is 10.6 Å². The number of nitrogens with one attached hydrogen (secondary N) is 2. The van der Waals surface area contributed by atoms with E-state index in [0.717, 1.165) is 23.4 Å². The Hall–Kier alpha value is -3.21. The summed E-state index contributed by atoms with van der Waals surface area (Å²) in [6.07, 6.45) is 2.23. The molecule has 0 fully saturated rings. The molecule has 3 rings (SSSR count). The van der Waals surface area contributed by atoms with E-state index in [1.807, 2.05) is 54.6 Å². The number of rotatable bonds is 5. The molecule has 2 N–H and O–H groups in total. The number of carbonyl (C=O) groups excluding carboxylic acids is 1. The average Bonchev–Trinajstić information content (AvgIpc) is 2.63. The second-order valence-electron chi connectivity index (χ2n) is 5.24. The van der Waals surface area contributed by atoms with Gasteiger partial charge in [-0.25, -0.2) is 9.97 Å². The van der Waals surface area contributed by atoms with Crippen LogP contribution < -0.4 is 10.6 Å². The van der Waals surface area contributed by atoms with Crippen LogP contribution in [-0.2, 0) is 6.42 Å². The molecule has 0 aliphatic carbocycles. The Morgan fingerprint density at radius 3 is 2.54 bits per heavy atom. The van der Waals surface area contributed by atoms with Gasteiger partial charge in [0.25, 0.3) is 5.91 Å². The van der Waals surface area contributed by atoms with Crippen molar-refractivity contribution in [3.05, 3.63) is 78.2 Å². The van der Waals surface area contributed by atoms with E-state index >= 15 is 0 Å². The highest BCUT2D eigenvalue weighted by molar-refractivity contribution is 6.03. The summed E-state index contributed by atoms with van der Waals surface area (Å²) in [5, 5.41) is 6.07. The SMILES string of the molecule is CCc1ccccc1NC(=O)c1cc(Nc2ccccc2)ncn1. The van der Waals surface area contributed by atoms with Crippen LogP contribution >= 0.6 is 0 Å². The van der Waals surface area contributed by atoms with Crippen LogP contribution in [0.1, 0.15) is 23.0 Å². The molecule has 0 aliphatic rings. The van der Waals surface area contributed by atoms with Crippen LogP contribution in [0.5, 0.6) is 0 Å². The van der Waals surface area contributed by atoms with Gasteiger partial charge in [0.2, 0.25) is 0 Å². The molecule has 24 heavy (non-hydrogen) atoms. The number of aromatic nitrogens is 2. The zero-order chi connectivity index (χ0) is 16.8. The van der Waals surface area contributed by atoms with Crippen LogP contribution in [0, 0.1) is 0 Å². The Morgan fingerprint density at radius 1 is 1.00 bits per heavy atom. The zero-order valence-corrected chi connectivity index (χ0v) is 13.4. The molecule has 1 aromatic heterocycles. The Bertz CT molecular complexity index is 834. The molecule has 0 spiro atoms. The third-order valence-electron chi connectivity index (χ3n) is 3.59. The van der Waals surface area contributed by atoms with Gasteiger partial charge in [-0.05, 0) is 30.2 Å². The first-order valence-corrected chi connectivity index (χ1v) is 7.79. The Morgan fingerprint density at radius 2 is 1.75 bits per heavy atom. The summed E-state index contributed by atoms with van der Waals surface area (Å²) in [5.74, 6) is 0.319. The van der Waals surface area contributed by atoms with Gasteiger partial charge in [0.15, 0.2) is 0 Å². The van der Waals surface area contributed by atoms with Gasteiger partial charge in [-0.2, -0.15) is 0 Å². The molecule has 0 saturated heterocycles. The molecule has 0 unspecified atom stereocenters. The molecule has 0 radical (unpaired) electrons. The first-order chi connectivity index (χ1) is 11.8. The molecule has 0 saturated carbocycles. The van der Waals surface area contributed by atoms with E-state index in [0.29, 0.717) is 11.5 Å². The number of aryl methyl sites for hydroxylation is 1. The van der Waals surface area contributed by atoms with E-state index in [-0.39, 0.29) is 5.91 Å². The molecule has 2 aromatic carbocycles. The van der Waals surface area contributed by atoms with Crippen molar-refractivity contribution in [2.45, 2.75) is 13.3 Å². The maximum atomic E-state index is 12.5. The Labute approximate surface area is 140 Å². The highest BCUT2D eigenvalue weighted by Crippen LogP contribution is 2.18. The number of benzene rings is 2. The molecule has 0 atom stereocenters. The zero-order valence-electron chi connectivity index (χ0n) is 13.4. The Kier molecular flexibility index (Phi) is 4.81. The number of nitrogens with zero attached hydrogens (tertiary/aromatic N) is 2. The van der Waals surface area contributed by atoms with Crippen molar-refractivity contribution >= 4 is 23.1 Å². The summed E-state index contributed by atoms with van der Waals surface area (Å²) in [6.45, 7) is 2.05. The van der Waals surface area contributed by atoms with Crippen molar-refractivity contribution in [1.29, 1.82) is 0 Å². The number of para-hydroxylation sites is 2. The van der Waals surface area contributed by atoms with Crippen LogP contribution in [0.25, 0.3) is 0 Å². The van der Waals surface area contributed by atoms with E-state index in [1.54, 1.807) is 6.07 Å². The second kappa shape index (κ2) is 7.37. The average molecular weight is 318 g/mol. The maximum absolute atomic E-state index is 12.5. The lowest BCUT2D eigenvalue weighted by Crippen LogP contribution is -2.15. The molecule has 120 valence electrons. The molecule has 5 nitrogen and oxygen atoms in total. The van der Waals surface area contributed by atoms with Crippen molar-refractivity contribution in [2.75, 3.05) is 10.6 Å². The molecule has 1 amide bonds. The number of hydrogen-bond acceptors (Lipinski definition) is 4. The summed E-state index contributed by atoms with van der Waals surface area (Å²) in [7, 11) is 0. The van der Waals surface area contributed by atoms with Crippen molar-refractivity contribution in [2.24, 2.45) is 0 Å². The summed E-state index contributed by atoms with van der Waals surface area (Å²) in [4.78, 5) is 20.7. The van der Waals surface area contributed by atoms with E-state index in [2.05, 4.69) is 27.5 Å². The minimum absolute atomic E-state index is 0.255. The van der Waals surface area contributed by atoms with Crippen LogP contribution in [0.3, 0.4) is 0 Å². The van der Waals surface area contributed by atoms with Crippen LogP contribution in [0.15, 0.2) is 67.0 Å². The fraction of sp³-hybridized carbons (Fsp3) is 0.105. The van der Waals surface area contributed by atoms with E-state index in [9.17, 15) is 4.79 Å². The van der Waals surface area contributed by atoms with E-state index in [1.165, 1.54) is 6.33 Å². The van der Waals surface area contributed by atoms with Crippen LogP contribution in [0.2, 0.25) is 0 Å². The topological polar surface area (TPSA) is 66.9 Å². The van der Waals surface area contributed by atoms with Crippen LogP contribution in [0.4, 0.5) is 17.2 Å². The number of hydrogen-bond donors (Lipinski definition) is 2. The van der Waals surface area contributed by atoms with Crippen LogP contribution in [-0.4, -0.2) is 15.9 Å². The second-order valence-corrected chi connectivity index (χ2v) is 5.24. The molecule has 0 bridgehead atoms. The normalized spacial score (nSPS) is 10.2. The lowest BCUT2D eigenvalue weighted by Gasteiger charge is -2.10. The summed E-state index contributed by atoms with van der Waals surface area (Å²) in [6, 6.07) is 19.0. The van der Waals surface area contributed by atoms with Crippen molar-refractivity contribution in [1.82, 2.24) is 9.97 Å². The maximum Gasteiger partial charge on any atom is 0.274 e. The van der Waals surface area contributed by atoms with Crippen molar-refractivity contribution in [3.8, 4) is 0 Å². The van der Waals surface area contributed by atoms with Gasteiger partial charge >= 0.3 is 0 Å². The number of amides is 1. The first-order valence-electron chi connectivity index (χ1n) is 7.79. The predicted molar refractivity (Wildman–Crippen MR) is 95.5 cm³/mol. The smallest absolute Gasteiger partial charge is 0.274 e. The molecular formula is C19H18N4O. The third-order valence-corrected chi connectivity index (χ3v) is 3.59. The summed E-state index contributed by atoms with van der Waals surface area (Å²) < 4.78 is 0. The number of anilines is 3. The number of carbonyl (C=O) groups is 1. The highest BCUT2D eigenvalue weighted by atomic mass is 16.1. The molecule has 5 heteroatoms. The minimum atomic E-state index is -0.255. The molecule has 0 aliphatic heterocycles. The third kappa shape index (κ3) is 3.76. The summed E-state index contributed by atoms with van der Waals surface area (Å²) in [5.41, 5.74) is 3.11. The van der Waals surface area contributed by atoms with Gasteiger partial charge in [-0.15, -0.1) is 0 Å². The van der Waals surface area contributed by atoms with E-state index < -0.39 is 0 Å². The molecule has 1 heterocycles. The molecule has 3 aromatic rings. The van der Waals surface area contributed by atoms with Gasteiger partial charge in [-0.1, -0.05) is 43.3 Å². The van der Waals surface area contributed by atoms with Crippen molar-refractivity contribution in [3.63, 3.8) is 0 Å². The largest absolute Gasteiger partial charge is 0.340 e. The minimum Gasteiger partial charge on any atom is -0.340 e. The quantitative estimate of drug-likeness (QED) is 0.745. The standard InChI is InChI=1S/C19H18N4O/c1-2-14-8-6-7-11-16(14)23-19(24)17-12-18(21-13-20-17)22-15-9-4-3-5-10-15/h3-13H,2H2,1H3,(H,23,24)(H,20,21,22). The van der Waals surface area contributed by atoms with Gasteiger partial charge in [0.05, 0.1) is 0 Å². The summed E-state index contributed by atoms with van der Waals surface area (Å²) >= 11 is 0. The van der Waals surface area contributed by atoms with Crippen molar-refractivity contribution < 1.29 is 4.79 Å². The van der Waals surface area contributed by atoms with Gasteiger partial charge in [0, 0.05) is 17.4 Å². The lowest BCUT2D eigenvalue weighted by atomic mass is 10.1. The van der Waals surface area contributed by atoms with E-state index in [4.69, 9.17) is 0 Å². The fourth-order valence-electron chi connectivity index (χ4n) is 2.36.